The first kappa shape index (κ1) is 24.3. The zero-order valence-electron chi connectivity index (χ0n) is 20.3. The van der Waals surface area contributed by atoms with Gasteiger partial charge in [0.05, 0.1) is 5.71 Å². The van der Waals surface area contributed by atoms with Gasteiger partial charge in [0.1, 0.15) is 18.1 Å². The molecule has 5 heteroatoms. The summed E-state index contributed by atoms with van der Waals surface area (Å²) < 4.78 is 10.9. The average molecular weight is 448 g/mol. The van der Waals surface area contributed by atoms with Crippen molar-refractivity contribution < 1.29 is 18.8 Å². The Bertz CT molecular complexity index is 1080. The molecule has 33 heavy (non-hydrogen) atoms. The Morgan fingerprint density at radius 1 is 0.939 bits per heavy atom. The summed E-state index contributed by atoms with van der Waals surface area (Å²) in [5.41, 5.74) is 5.53. The lowest BCUT2D eigenvalue weighted by Gasteiger charge is -2.18. The lowest BCUT2D eigenvalue weighted by Crippen LogP contribution is -2.10. The molecule has 0 radical (unpaired) electrons. The predicted octanol–water partition coefficient (Wildman–Crippen LogP) is 7.04. The molecule has 3 aromatic rings. The number of hydrogen-bond acceptors (Lipinski definition) is 5. The van der Waals surface area contributed by atoms with E-state index in [0.717, 1.165) is 11.3 Å². The second-order valence-electron chi connectivity index (χ2n) is 8.82. The Balaban J connectivity index is 1.61. The number of oxime groups is 1. The number of ether oxygens (including phenoxy) is 1. The lowest BCUT2D eigenvalue weighted by molar-refractivity contribution is 0.0892. The Morgan fingerprint density at radius 3 is 2.12 bits per heavy atom. The second kappa shape index (κ2) is 11.0. The van der Waals surface area contributed by atoms with Crippen LogP contribution in [0.15, 0.2) is 64.2 Å². The molecule has 0 aliphatic carbocycles. The van der Waals surface area contributed by atoms with E-state index in [0.29, 0.717) is 35.7 Å². The van der Waals surface area contributed by atoms with E-state index >= 15 is 0 Å². The number of Topliss-reactive ketones (excluding diaryl/α,β-unsaturated/α-hetero) is 1. The van der Waals surface area contributed by atoms with Gasteiger partial charge in [0, 0.05) is 0 Å². The highest BCUT2D eigenvalue weighted by molar-refractivity contribution is 5.98. The Hall–Kier alpha value is -3.34. The number of ketones is 1. The van der Waals surface area contributed by atoms with Crippen molar-refractivity contribution in [1.82, 2.24) is 0 Å². The summed E-state index contributed by atoms with van der Waals surface area (Å²) in [5, 5.41) is 4.35. The predicted molar refractivity (Wildman–Crippen MR) is 131 cm³/mol. The number of benzene rings is 2. The van der Waals surface area contributed by atoms with Gasteiger partial charge in [-0.25, -0.2) is 0 Å². The molecule has 2 aromatic carbocycles. The third-order valence-electron chi connectivity index (χ3n) is 5.56. The van der Waals surface area contributed by atoms with Crippen molar-refractivity contribution in [2.75, 3.05) is 6.61 Å². The van der Waals surface area contributed by atoms with E-state index in [1.165, 1.54) is 16.7 Å². The van der Waals surface area contributed by atoms with Gasteiger partial charge in [0.2, 0.25) is 5.78 Å². The fraction of sp³-hybridized carbons (Fsp3) is 0.357. The highest BCUT2D eigenvalue weighted by Gasteiger charge is 2.14. The van der Waals surface area contributed by atoms with Gasteiger partial charge in [-0.2, -0.15) is 0 Å². The van der Waals surface area contributed by atoms with E-state index in [1.807, 2.05) is 31.2 Å². The van der Waals surface area contributed by atoms with Crippen LogP contribution in [0.1, 0.15) is 85.0 Å². The number of furan rings is 1. The zero-order chi connectivity index (χ0) is 24.0. The zero-order valence-corrected chi connectivity index (χ0v) is 20.3. The van der Waals surface area contributed by atoms with Gasteiger partial charge in [0.25, 0.3) is 0 Å². The average Bonchev–Trinajstić information content (AvgIpc) is 3.23. The molecule has 0 saturated carbocycles. The van der Waals surface area contributed by atoms with Gasteiger partial charge < -0.3 is 14.0 Å². The summed E-state index contributed by atoms with van der Waals surface area (Å²) in [4.78, 5) is 17.9. The summed E-state index contributed by atoms with van der Waals surface area (Å²) in [6.45, 7) is 12.9. The molecule has 0 bridgehead atoms. The van der Waals surface area contributed by atoms with E-state index in [9.17, 15) is 4.79 Å². The summed E-state index contributed by atoms with van der Waals surface area (Å²) in [6, 6.07) is 17.3. The van der Waals surface area contributed by atoms with E-state index < -0.39 is 0 Å². The highest BCUT2D eigenvalue weighted by Crippen LogP contribution is 2.28. The fourth-order valence-electron chi connectivity index (χ4n) is 3.71. The summed E-state index contributed by atoms with van der Waals surface area (Å²) in [5.74, 6) is 2.27. The van der Waals surface area contributed by atoms with Crippen LogP contribution in [-0.4, -0.2) is 18.1 Å². The molecule has 0 amide bonds. The fourth-order valence-corrected chi connectivity index (χ4v) is 3.71. The number of hydrogen-bond donors (Lipinski definition) is 0. The first-order valence-electron chi connectivity index (χ1n) is 11.4. The minimum absolute atomic E-state index is 0.0735. The number of aryl methyl sites for hydroxylation is 1. The molecule has 0 atom stereocenters. The first-order valence-corrected chi connectivity index (χ1v) is 11.4. The van der Waals surface area contributed by atoms with Crippen molar-refractivity contribution in [3.05, 3.63) is 88.4 Å². The maximum atomic E-state index is 12.1. The van der Waals surface area contributed by atoms with Crippen LogP contribution in [0.3, 0.4) is 0 Å². The van der Waals surface area contributed by atoms with Crippen LogP contribution in [0.25, 0.3) is 0 Å². The normalized spacial score (nSPS) is 11.8. The van der Waals surface area contributed by atoms with Crippen LogP contribution in [0, 0.1) is 6.92 Å². The molecule has 0 aliphatic rings. The standard InChI is InChI=1S/C28H33NO4/c1-18(2)24-8-7-9-25(19(3)4)26(24)16-32-29-21(6)22-11-13-23(14-12-22)31-17-27(30)28-15-10-20(5)33-28/h7-15,18-19H,16-17H2,1-6H3/b29-21+. The van der Waals surface area contributed by atoms with Crippen molar-refractivity contribution in [2.45, 2.75) is 60.0 Å². The molecule has 0 N–H and O–H groups in total. The molecule has 1 aromatic heterocycles. The van der Waals surface area contributed by atoms with Crippen LogP contribution in [0.2, 0.25) is 0 Å². The Morgan fingerprint density at radius 2 is 1.58 bits per heavy atom. The molecule has 5 nitrogen and oxygen atoms in total. The molecular formula is C28H33NO4. The molecule has 1 heterocycles. The minimum atomic E-state index is -0.194. The van der Waals surface area contributed by atoms with Gasteiger partial charge in [-0.05, 0) is 84.3 Å². The van der Waals surface area contributed by atoms with Crippen LogP contribution >= 0.6 is 0 Å². The number of carbonyl (C=O) groups excluding carboxylic acids is 1. The Labute approximate surface area is 196 Å². The molecule has 0 fully saturated rings. The monoisotopic (exact) mass is 447 g/mol. The van der Waals surface area contributed by atoms with Crippen molar-refractivity contribution in [1.29, 1.82) is 0 Å². The van der Waals surface area contributed by atoms with E-state index in [4.69, 9.17) is 14.0 Å². The summed E-state index contributed by atoms with van der Waals surface area (Å²) >= 11 is 0. The number of carbonyl (C=O) groups is 1. The van der Waals surface area contributed by atoms with E-state index in [-0.39, 0.29) is 12.4 Å². The third-order valence-corrected chi connectivity index (χ3v) is 5.56. The highest BCUT2D eigenvalue weighted by atomic mass is 16.6. The van der Waals surface area contributed by atoms with Gasteiger partial charge >= 0.3 is 0 Å². The third kappa shape index (κ3) is 6.35. The van der Waals surface area contributed by atoms with Crippen molar-refractivity contribution in [3.8, 4) is 5.75 Å². The van der Waals surface area contributed by atoms with E-state index in [1.54, 1.807) is 19.1 Å². The SMILES string of the molecule is C/C(=N\OCc1c(C(C)C)cccc1C(C)C)c1ccc(OCC(=O)c2ccc(C)o2)cc1. The first-order chi connectivity index (χ1) is 15.8. The van der Waals surface area contributed by atoms with Gasteiger partial charge in [-0.3, -0.25) is 4.79 Å². The molecular weight excluding hydrogens is 414 g/mol. The van der Waals surface area contributed by atoms with Crippen molar-refractivity contribution >= 4 is 11.5 Å². The van der Waals surface area contributed by atoms with Gasteiger partial charge in [0.15, 0.2) is 12.4 Å². The summed E-state index contributed by atoms with van der Waals surface area (Å²) in [7, 11) is 0. The van der Waals surface area contributed by atoms with Gasteiger partial charge in [-0.15, -0.1) is 0 Å². The smallest absolute Gasteiger partial charge is 0.235 e. The van der Waals surface area contributed by atoms with Crippen LogP contribution in [0.4, 0.5) is 0 Å². The molecule has 0 unspecified atom stereocenters. The minimum Gasteiger partial charge on any atom is -0.485 e. The van der Waals surface area contributed by atoms with Crippen LogP contribution in [0.5, 0.6) is 5.75 Å². The topological polar surface area (TPSA) is 61.0 Å². The number of rotatable bonds is 10. The van der Waals surface area contributed by atoms with Crippen molar-refractivity contribution in [3.63, 3.8) is 0 Å². The maximum Gasteiger partial charge on any atom is 0.235 e. The molecule has 174 valence electrons. The Kier molecular flexibility index (Phi) is 8.10. The second-order valence-corrected chi connectivity index (χ2v) is 8.82. The van der Waals surface area contributed by atoms with Crippen LogP contribution in [-0.2, 0) is 11.4 Å². The van der Waals surface area contributed by atoms with Crippen LogP contribution < -0.4 is 4.74 Å². The lowest BCUT2D eigenvalue weighted by atomic mass is 9.89. The summed E-state index contributed by atoms with van der Waals surface area (Å²) in [6.07, 6.45) is 0. The maximum absolute atomic E-state index is 12.1. The molecule has 0 saturated heterocycles. The molecule has 0 spiro atoms. The van der Waals surface area contributed by atoms with E-state index in [2.05, 4.69) is 51.0 Å². The quantitative estimate of drug-likeness (QED) is 0.190. The number of nitrogens with zero attached hydrogens (tertiary/aromatic N) is 1. The molecule has 0 aliphatic heterocycles. The largest absolute Gasteiger partial charge is 0.485 e. The van der Waals surface area contributed by atoms with Crippen molar-refractivity contribution in [2.24, 2.45) is 5.16 Å². The van der Waals surface area contributed by atoms with Gasteiger partial charge in [-0.1, -0.05) is 51.0 Å². The molecule has 3 rings (SSSR count).